The summed E-state index contributed by atoms with van der Waals surface area (Å²) in [7, 11) is 0. The van der Waals surface area contributed by atoms with Crippen molar-refractivity contribution >= 4 is 34.8 Å². The van der Waals surface area contributed by atoms with E-state index in [9.17, 15) is 9.59 Å². The largest absolute Gasteiger partial charge is 0.459 e. The number of carbonyl (C=O) groups excluding carboxylic acids is 2. The highest BCUT2D eigenvalue weighted by Crippen LogP contribution is 2.50. The highest BCUT2D eigenvalue weighted by molar-refractivity contribution is 6.18. The average molecular weight is 463 g/mol. The molecule has 4 rings (SSSR count). The standard InChI is InChI=1S/C24H24Cl2O5/c1-13-9-15(19(27)5-3-7-25)11-17-21(13)29-24-18-12-16(20(28)6-4-8-26)10-14(2)22(18)30-23(17)31-24/h9-12,23-24H,3-8H2,1-2H3. The van der Waals surface area contributed by atoms with Crippen LogP contribution in [-0.2, 0) is 4.74 Å². The van der Waals surface area contributed by atoms with E-state index in [0.29, 0.717) is 71.2 Å². The zero-order chi connectivity index (χ0) is 22.1. The number of hydrogen-bond donors (Lipinski definition) is 0. The van der Waals surface area contributed by atoms with Gasteiger partial charge in [0.2, 0.25) is 12.6 Å². The van der Waals surface area contributed by atoms with E-state index < -0.39 is 12.6 Å². The molecule has 0 spiro atoms. The molecule has 7 heteroatoms. The minimum Gasteiger partial charge on any atom is -0.459 e. The molecule has 0 N–H and O–H groups in total. The molecule has 2 atom stereocenters. The molecule has 0 radical (unpaired) electrons. The van der Waals surface area contributed by atoms with Crippen LogP contribution in [0.25, 0.3) is 0 Å². The fourth-order valence-corrected chi connectivity index (χ4v) is 4.26. The summed E-state index contributed by atoms with van der Waals surface area (Å²) in [5.74, 6) is 2.25. The van der Waals surface area contributed by atoms with Crippen molar-refractivity contribution in [3.8, 4) is 11.5 Å². The molecule has 2 aliphatic heterocycles. The molecule has 0 fully saturated rings. The Balaban J connectivity index is 1.67. The first-order chi connectivity index (χ1) is 14.9. The number of alkyl halides is 2. The number of rotatable bonds is 8. The minimum atomic E-state index is -0.683. The van der Waals surface area contributed by atoms with Crippen molar-refractivity contribution in [1.29, 1.82) is 0 Å². The third-order valence-corrected chi connectivity index (χ3v) is 6.06. The number of hydrogen-bond acceptors (Lipinski definition) is 5. The molecule has 164 valence electrons. The molecule has 2 unspecified atom stereocenters. The lowest BCUT2D eigenvalue weighted by Gasteiger charge is -2.39. The molecule has 0 aromatic heterocycles. The number of benzene rings is 2. The van der Waals surface area contributed by atoms with E-state index in [4.69, 9.17) is 37.4 Å². The molecule has 0 aliphatic carbocycles. The fraction of sp³-hybridized carbons (Fsp3) is 0.417. The number of Topliss-reactive ketones (excluding diaryl/α,β-unsaturated/α-hetero) is 2. The zero-order valence-corrected chi connectivity index (χ0v) is 19.0. The van der Waals surface area contributed by atoms with Crippen LogP contribution in [0.5, 0.6) is 11.5 Å². The SMILES string of the molecule is Cc1cc(C(=O)CCCCl)cc2c1OC1OC2Oc2c(C)cc(C(=O)CCCCl)cc21. The van der Waals surface area contributed by atoms with Crippen molar-refractivity contribution in [2.24, 2.45) is 0 Å². The lowest BCUT2D eigenvalue weighted by molar-refractivity contribution is -0.228. The summed E-state index contributed by atoms with van der Waals surface area (Å²) in [6.07, 6.45) is 0.670. The number of fused-ring (bicyclic) bond motifs is 6. The number of ether oxygens (including phenoxy) is 3. The Kier molecular flexibility index (Phi) is 6.56. The van der Waals surface area contributed by atoms with Crippen LogP contribution in [0, 0.1) is 13.8 Å². The van der Waals surface area contributed by atoms with Crippen LogP contribution in [0.4, 0.5) is 0 Å². The maximum Gasteiger partial charge on any atom is 0.233 e. The number of ketones is 2. The van der Waals surface area contributed by atoms with Gasteiger partial charge in [0.15, 0.2) is 11.6 Å². The quantitative estimate of drug-likeness (QED) is 0.344. The Morgan fingerprint density at radius 3 is 1.58 bits per heavy atom. The molecule has 31 heavy (non-hydrogen) atoms. The van der Waals surface area contributed by atoms with Crippen molar-refractivity contribution in [3.63, 3.8) is 0 Å². The highest BCUT2D eigenvalue weighted by Gasteiger charge is 2.40. The molecule has 2 aromatic carbocycles. The molecular formula is C24H24Cl2O5. The first-order valence-corrected chi connectivity index (χ1v) is 11.5. The Labute approximate surface area is 191 Å². The van der Waals surface area contributed by atoms with E-state index in [2.05, 4.69) is 0 Å². The van der Waals surface area contributed by atoms with Gasteiger partial charge in [-0.1, -0.05) is 0 Å². The molecule has 0 amide bonds. The van der Waals surface area contributed by atoms with Gasteiger partial charge < -0.3 is 9.47 Å². The van der Waals surface area contributed by atoms with Crippen LogP contribution < -0.4 is 9.47 Å². The first-order valence-electron chi connectivity index (χ1n) is 10.4. The Bertz CT molecular complexity index is 952. The van der Waals surface area contributed by atoms with Gasteiger partial charge in [0, 0.05) is 35.7 Å². The predicted octanol–water partition coefficient (Wildman–Crippen LogP) is 6.21. The van der Waals surface area contributed by atoms with Crippen molar-refractivity contribution in [3.05, 3.63) is 57.6 Å². The van der Waals surface area contributed by atoms with Gasteiger partial charge in [0.1, 0.15) is 11.5 Å². The third kappa shape index (κ3) is 4.32. The molecule has 2 aromatic rings. The second-order valence-corrected chi connectivity index (χ2v) is 8.65. The average Bonchev–Trinajstić information content (AvgIpc) is 2.76. The van der Waals surface area contributed by atoms with Crippen LogP contribution in [0.15, 0.2) is 24.3 Å². The van der Waals surface area contributed by atoms with Gasteiger partial charge in [0.25, 0.3) is 0 Å². The second kappa shape index (κ2) is 9.19. The van der Waals surface area contributed by atoms with Crippen LogP contribution >= 0.6 is 23.2 Å². The minimum absolute atomic E-state index is 0.0289. The summed E-state index contributed by atoms with van der Waals surface area (Å²) in [6, 6.07) is 7.22. The van der Waals surface area contributed by atoms with Gasteiger partial charge in [-0.2, -0.15) is 0 Å². The normalized spacial score (nSPS) is 18.5. The molecule has 5 nitrogen and oxygen atoms in total. The number of aryl methyl sites for hydroxylation is 2. The number of halogens is 2. The van der Waals surface area contributed by atoms with Gasteiger partial charge in [-0.3, -0.25) is 14.3 Å². The molecular weight excluding hydrogens is 439 g/mol. The van der Waals surface area contributed by atoms with Crippen LogP contribution in [0.1, 0.15) is 81.2 Å². The van der Waals surface area contributed by atoms with Gasteiger partial charge in [-0.25, -0.2) is 0 Å². The van der Waals surface area contributed by atoms with Gasteiger partial charge in [0.05, 0.1) is 11.1 Å². The molecule has 2 aliphatic rings. The lowest BCUT2D eigenvalue weighted by Crippen LogP contribution is -2.31. The van der Waals surface area contributed by atoms with Crippen molar-refractivity contribution in [1.82, 2.24) is 0 Å². The predicted molar refractivity (Wildman–Crippen MR) is 119 cm³/mol. The van der Waals surface area contributed by atoms with Crippen LogP contribution in [0.3, 0.4) is 0 Å². The van der Waals surface area contributed by atoms with Crippen molar-refractivity contribution in [2.75, 3.05) is 11.8 Å². The van der Waals surface area contributed by atoms with E-state index in [1.807, 2.05) is 26.0 Å². The first kappa shape index (κ1) is 22.1. The Hall–Kier alpha value is -2.08. The van der Waals surface area contributed by atoms with Gasteiger partial charge in [-0.15, -0.1) is 23.2 Å². The summed E-state index contributed by atoms with van der Waals surface area (Å²) in [5, 5.41) is 0. The zero-order valence-electron chi connectivity index (χ0n) is 17.5. The van der Waals surface area contributed by atoms with E-state index in [-0.39, 0.29) is 11.6 Å². The Morgan fingerprint density at radius 1 is 0.774 bits per heavy atom. The molecule has 0 saturated heterocycles. The fourth-order valence-electron chi connectivity index (χ4n) is 4.00. The highest BCUT2D eigenvalue weighted by atomic mass is 35.5. The maximum absolute atomic E-state index is 12.5. The second-order valence-electron chi connectivity index (χ2n) is 7.89. The van der Waals surface area contributed by atoms with E-state index >= 15 is 0 Å². The lowest BCUT2D eigenvalue weighted by atomic mass is 9.96. The van der Waals surface area contributed by atoms with E-state index in [1.54, 1.807) is 12.1 Å². The van der Waals surface area contributed by atoms with Crippen molar-refractivity contribution < 1.29 is 23.8 Å². The van der Waals surface area contributed by atoms with E-state index in [1.165, 1.54) is 0 Å². The van der Waals surface area contributed by atoms with Gasteiger partial charge in [-0.05, 0) is 62.1 Å². The number of carbonyl (C=O) groups is 2. The summed E-state index contributed by atoms with van der Waals surface area (Å²) in [4.78, 5) is 25.0. The topological polar surface area (TPSA) is 61.8 Å². The third-order valence-electron chi connectivity index (χ3n) is 5.53. The Morgan fingerprint density at radius 2 is 1.19 bits per heavy atom. The van der Waals surface area contributed by atoms with Crippen molar-refractivity contribution in [2.45, 2.75) is 52.1 Å². The molecule has 2 bridgehead atoms. The van der Waals surface area contributed by atoms with Gasteiger partial charge >= 0.3 is 0 Å². The molecule has 2 heterocycles. The molecule has 0 saturated carbocycles. The smallest absolute Gasteiger partial charge is 0.233 e. The van der Waals surface area contributed by atoms with E-state index in [0.717, 1.165) is 11.1 Å². The maximum atomic E-state index is 12.5. The summed E-state index contributed by atoms with van der Waals surface area (Å²) >= 11 is 11.5. The van der Waals surface area contributed by atoms with Crippen LogP contribution in [0.2, 0.25) is 0 Å². The summed E-state index contributed by atoms with van der Waals surface area (Å²) in [5.41, 5.74) is 4.25. The summed E-state index contributed by atoms with van der Waals surface area (Å²) in [6.45, 7) is 3.80. The monoisotopic (exact) mass is 462 g/mol. The van der Waals surface area contributed by atoms with Crippen LogP contribution in [-0.4, -0.2) is 23.3 Å². The summed E-state index contributed by atoms with van der Waals surface area (Å²) < 4.78 is 18.4.